The number of furan rings is 1. The maximum absolute atomic E-state index is 6.27. The number of nitrogens with two attached hydrogens (primary N) is 1. The summed E-state index contributed by atoms with van der Waals surface area (Å²) in [7, 11) is 0. The maximum atomic E-state index is 6.27. The topological polar surface area (TPSA) is 52.0 Å². The molecule has 96 valence electrons. The SMILES string of the molecule is Cc1oc(C)c(C(N)Cc2ccncc2Cl)c1C. The van der Waals surface area contributed by atoms with Gasteiger partial charge in [-0.1, -0.05) is 11.6 Å². The molecule has 2 heterocycles. The number of rotatable bonds is 3. The third-order valence-corrected chi connectivity index (χ3v) is 3.62. The van der Waals surface area contributed by atoms with Crippen molar-refractivity contribution >= 4 is 11.6 Å². The summed E-state index contributed by atoms with van der Waals surface area (Å²) in [5.41, 5.74) is 9.50. The second-order valence-electron chi connectivity index (χ2n) is 4.53. The molecule has 0 aliphatic heterocycles. The molecule has 3 nitrogen and oxygen atoms in total. The molecule has 0 saturated carbocycles. The Morgan fingerprint density at radius 3 is 2.61 bits per heavy atom. The molecule has 0 aliphatic carbocycles. The Hall–Kier alpha value is -1.32. The van der Waals surface area contributed by atoms with E-state index in [0.717, 1.165) is 28.2 Å². The van der Waals surface area contributed by atoms with Crippen LogP contribution in [-0.2, 0) is 6.42 Å². The first kappa shape index (κ1) is 13.1. The quantitative estimate of drug-likeness (QED) is 0.923. The average Bonchev–Trinajstić information content (AvgIpc) is 2.56. The molecule has 0 radical (unpaired) electrons. The van der Waals surface area contributed by atoms with E-state index >= 15 is 0 Å². The number of aromatic nitrogens is 1. The fraction of sp³-hybridized carbons (Fsp3) is 0.357. The highest BCUT2D eigenvalue weighted by molar-refractivity contribution is 6.31. The Morgan fingerprint density at radius 2 is 2.06 bits per heavy atom. The van der Waals surface area contributed by atoms with Crippen molar-refractivity contribution in [1.29, 1.82) is 0 Å². The third kappa shape index (κ3) is 2.42. The number of hydrogen-bond acceptors (Lipinski definition) is 3. The first-order chi connectivity index (χ1) is 8.50. The molecule has 1 atom stereocenters. The molecule has 0 spiro atoms. The Labute approximate surface area is 112 Å². The Kier molecular flexibility index (Phi) is 3.73. The molecule has 2 aromatic rings. The molecular weight excluding hydrogens is 248 g/mol. The Morgan fingerprint density at radius 1 is 1.33 bits per heavy atom. The summed E-state index contributed by atoms with van der Waals surface area (Å²) >= 11 is 6.10. The van der Waals surface area contributed by atoms with Gasteiger partial charge in [0.05, 0.1) is 5.02 Å². The van der Waals surface area contributed by atoms with Gasteiger partial charge in [0.1, 0.15) is 11.5 Å². The van der Waals surface area contributed by atoms with Gasteiger partial charge in [-0.2, -0.15) is 0 Å². The molecule has 0 fully saturated rings. The molecule has 4 heteroatoms. The van der Waals surface area contributed by atoms with Crippen LogP contribution in [0.2, 0.25) is 5.02 Å². The van der Waals surface area contributed by atoms with Gasteiger partial charge in [0.25, 0.3) is 0 Å². The summed E-state index contributed by atoms with van der Waals surface area (Å²) in [6, 6.07) is 1.79. The minimum atomic E-state index is -0.109. The van der Waals surface area contributed by atoms with E-state index in [9.17, 15) is 0 Å². The third-order valence-electron chi connectivity index (χ3n) is 3.28. The van der Waals surface area contributed by atoms with Gasteiger partial charge in [0.15, 0.2) is 0 Å². The standard InChI is InChI=1S/C14H17ClN2O/c1-8-9(2)18-10(3)14(8)13(16)6-11-4-5-17-7-12(11)15/h4-5,7,13H,6,16H2,1-3H3. The molecule has 1 unspecified atom stereocenters. The number of halogens is 1. The molecule has 0 amide bonds. The Balaban J connectivity index is 2.28. The highest BCUT2D eigenvalue weighted by Gasteiger charge is 2.18. The van der Waals surface area contributed by atoms with Gasteiger partial charge in [-0.25, -0.2) is 0 Å². The lowest BCUT2D eigenvalue weighted by Gasteiger charge is -2.13. The fourth-order valence-corrected chi connectivity index (χ4v) is 2.46. The number of hydrogen-bond donors (Lipinski definition) is 1. The summed E-state index contributed by atoms with van der Waals surface area (Å²) in [6.07, 6.45) is 4.06. The van der Waals surface area contributed by atoms with Crippen molar-refractivity contribution < 1.29 is 4.42 Å². The van der Waals surface area contributed by atoms with Gasteiger partial charge < -0.3 is 10.2 Å². The molecule has 2 aromatic heterocycles. The number of pyridine rings is 1. The van der Waals surface area contributed by atoms with Gasteiger partial charge in [-0.05, 0) is 44.4 Å². The van der Waals surface area contributed by atoms with Crippen molar-refractivity contribution in [3.05, 3.63) is 51.7 Å². The van der Waals surface area contributed by atoms with Crippen molar-refractivity contribution in [2.75, 3.05) is 0 Å². The van der Waals surface area contributed by atoms with Crippen LogP contribution in [-0.4, -0.2) is 4.98 Å². The average molecular weight is 265 g/mol. The van der Waals surface area contributed by atoms with Crippen LogP contribution in [0.5, 0.6) is 0 Å². The first-order valence-corrected chi connectivity index (χ1v) is 6.29. The Bertz CT molecular complexity index is 563. The van der Waals surface area contributed by atoms with Crippen LogP contribution < -0.4 is 5.73 Å². The fourth-order valence-electron chi connectivity index (χ4n) is 2.26. The molecule has 18 heavy (non-hydrogen) atoms. The van der Waals surface area contributed by atoms with E-state index in [-0.39, 0.29) is 6.04 Å². The lowest BCUT2D eigenvalue weighted by atomic mass is 9.97. The lowest BCUT2D eigenvalue weighted by Crippen LogP contribution is -2.15. The highest BCUT2D eigenvalue weighted by Crippen LogP contribution is 2.29. The second-order valence-corrected chi connectivity index (χ2v) is 4.94. The smallest absolute Gasteiger partial charge is 0.106 e. The van der Waals surface area contributed by atoms with Crippen LogP contribution >= 0.6 is 11.6 Å². The molecule has 0 aromatic carbocycles. The number of nitrogens with zero attached hydrogens (tertiary/aromatic N) is 1. The predicted octanol–water partition coefficient (Wildman–Crippen LogP) is 3.50. The zero-order chi connectivity index (χ0) is 13.3. The van der Waals surface area contributed by atoms with E-state index in [1.807, 2.05) is 26.8 Å². The largest absolute Gasteiger partial charge is 0.466 e. The first-order valence-electron chi connectivity index (χ1n) is 5.91. The second kappa shape index (κ2) is 5.12. The molecular formula is C14H17ClN2O. The molecule has 0 saturated heterocycles. The van der Waals surface area contributed by atoms with Crippen molar-refractivity contribution in [2.45, 2.75) is 33.2 Å². The van der Waals surface area contributed by atoms with Crippen LogP contribution in [0.15, 0.2) is 22.9 Å². The van der Waals surface area contributed by atoms with E-state index in [2.05, 4.69) is 4.98 Å². The summed E-state index contributed by atoms with van der Waals surface area (Å²) in [4.78, 5) is 3.97. The zero-order valence-corrected chi connectivity index (χ0v) is 11.6. The summed E-state index contributed by atoms with van der Waals surface area (Å²) < 4.78 is 5.61. The van der Waals surface area contributed by atoms with Crippen molar-refractivity contribution in [3.63, 3.8) is 0 Å². The summed E-state index contributed by atoms with van der Waals surface area (Å²) in [5.74, 6) is 1.82. The van der Waals surface area contributed by atoms with Crippen LogP contribution in [0.4, 0.5) is 0 Å². The minimum absolute atomic E-state index is 0.109. The summed E-state index contributed by atoms with van der Waals surface area (Å²) in [6.45, 7) is 5.94. The summed E-state index contributed by atoms with van der Waals surface area (Å²) in [5, 5.41) is 0.656. The van der Waals surface area contributed by atoms with Crippen molar-refractivity contribution in [3.8, 4) is 0 Å². The predicted molar refractivity (Wildman–Crippen MR) is 72.8 cm³/mol. The molecule has 2 N–H and O–H groups in total. The monoisotopic (exact) mass is 264 g/mol. The van der Waals surface area contributed by atoms with E-state index in [4.69, 9.17) is 21.8 Å². The van der Waals surface area contributed by atoms with Crippen LogP contribution in [0.3, 0.4) is 0 Å². The van der Waals surface area contributed by atoms with Crippen molar-refractivity contribution in [2.24, 2.45) is 5.73 Å². The van der Waals surface area contributed by atoms with Gasteiger partial charge in [-0.15, -0.1) is 0 Å². The van der Waals surface area contributed by atoms with E-state index in [1.165, 1.54) is 0 Å². The van der Waals surface area contributed by atoms with Crippen LogP contribution in [0.1, 0.15) is 34.3 Å². The van der Waals surface area contributed by atoms with Crippen LogP contribution in [0.25, 0.3) is 0 Å². The van der Waals surface area contributed by atoms with Gasteiger partial charge in [-0.3, -0.25) is 4.98 Å². The van der Waals surface area contributed by atoms with Crippen LogP contribution in [0, 0.1) is 20.8 Å². The number of aryl methyl sites for hydroxylation is 2. The normalized spacial score (nSPS) is 12.7. The molecule has 0 aliphatic rings. The van der Waals surface area contributed by atoms with Gasteiger partial charge in [0.2, 0.25) is 0 Å². The lowest BCUT2D eigenvalue weighted by molar-refractivity contribution is 0.496. The van der Waals surface area contributed by atoms with Gasteiger partial charge >= 0.3 is 0 Å². The zero-order valence-electron chi connectivity index (χ0n) is 10.8. The van der Waals surface area contributed by atoms with Gasteiger partial charge in [0, 0.05) is 24.0 Å². The van der Waals surface area contributed by atoms with Crippen molar-refractivity contribution in [1.82, 2.24) is 4.98 Å². The van der Waals surface area contributed by atoms with E-state index < -0.39 is 0 Å². The minimum Gasteiger partial charge on any atom is -0.466 e. The molecule has 2 rings (SSSR count). The maximum Gasteiger partial charge on any atom is 0.106 e. The molecule has 0 bridgehead atoms. The van der Waals surface area contributed by atoms with E-state index in [1.54, 1.807) is 12.4 Å². The van der Waals surface area contributed by atoms with E-state index in [0.29, 0.717) is 11.4 Å². The highest BCUT2D eigenvalue weighted by atomic mass is 35.5.